The first-order chi connectivity index (χ1) is 17.5. The molecule has 0 bridgehead atoms. The van der Waals surface area contributed by atoms with Crippen LogP contribution in [0.3, 0.4) is 0 Å². The number of halogens is 4. The number of hydrogen-bond donors (Lipinski definition) is 3. The fourth-order valence-electron chi connectivity index (χ4n) is 5.95. The number of amides is 1. The normalized spacial score (nSPS) is 33.1. The van der Waals surface area contributed by atoms with Gasteiger partial charge in [-0.3, -0.25) is 10.1 Å². The molecule has 0 aromatic carbocycles. The van der Waals surface area contributed by atoms with Crippen LogP contribution >= 0.6 is 23.2 Å². The molecular weight excluding hydrogens is 519 g/mol. The van der Waals surface area contributed by atoms with Crippen molar-refractivity contribution in [1.29, 1.82) is 0 Å². The largest absolute Gasteiger partial charge is 0.375 e. The van der Waals surface area contributed by atoms with Gasteiger partial charge in [-0.25, -0.2) is 8.78 Å². The highest BCUT2D eigenvalue weighted by molar-refractivity contribution is 6.30. The van der Waals surface area contributed by atoms with Crippen LogP contribution in [0, 0.1) is 11.8 Å². The smallest absolute Gasteiger partial charge is 0.240 e. The van der Waals surface area contributed by atoms with Gasteiger partial charge in [-0.2, -0.15) is 0 Å². The van der Waals surface area contributed by atoms with E-state index in [-0.39, 0.29) is 47.5 Å². The van der Waals surface area contributed by atoms with Gasteiger partial charge in [0.25, 0.3) is 0 Å². The summed E-state index contributed by atoms with van der Waals surface area (Å²) in [5, 5.41) is 13.0. The van der Waals surface area contributed by atoms with E-state index in [9.17, 15) is 18.7 Å². The molecule has 0 saturated heterocycles. The number of carbonyl (C=O) groups is 1. The Kier molecular flexibility index (Phi) is 11.5. The molecule has 0 heterocycles. The van der Waals surface area contributed by atoms with E-state index in [1.807, 2.05) is 18.7 Å². The molecule has 1 amide bonds. The molecular formula is C28H43Cl2F2N3O2. The number of nitrogens with two attached hydrogens (primary N) is 1. The van der Waals surface area contributed by atoms with E-state index >= 15 is 0 Å². The van der Waals surface area contributed by atoms with Crippen LogP contribution in [-0.4, -0.2) is 63.7 Å². The van der Waals surface area contributed by atoms with E-state index in [1.165, 1.54) is 0 Å². The average molecular weight is 563 g/mol. The molecule has 0 aromatic heterocycles. The van der Waals surface area contributed by atoms with Crippen LogP contribution in [0.25, 0.3) is 0 Å². The average Bonchev–Trinajstić information content (AvgIpc) is 2.83. The van der Waals surface area contributed by atoms with E-state index in [0.29, 0.717) is 37.3 Å². The number of carbonyl (C=O) groups excluding carboxylic acids is 1. The zero-order valence-electron chi connectivity index (χ0n) is 22.2. The third-order valence-corrected chi connectivity index (χ3v) is 9.01. The van der Waals surface area contributed by atoms with Crippen molar-refractivity contribution in [1.82, 2.24) is 10.2 Å². The summed E-state index contributed by atoms with van der Waals surface area (Å²) in [5.41, 5.74) is 7.34. The zero-order chi connectivity index (χ0) is 27.3. The summed E-state index contributed by atoms with van der Waals surface area (Å²) in [4.78, 5) is 16.0. The molecule has 0 aromatic rings. The molecule has 0 spiro atoms. The van der Waals surface area contributed by atoms with Crippen molar-refractivity contribution < 1.29 is 18.7 Å². The van der Waals surface area contributed by atoms with Crippen molar-refractivity contribution in [2.45, 2.75) is 113 Å². The Balaban J connectivity index is 1.88. The van der Waals surface area contributed by atoms with Gasteiger partial charge in [-0.05, 0) is 80.9 Å². The molecule has 1 unspecified atom stereocenters. The number of hydrogen-bond acceptors (Lipinski definition) is 4. The molecule has 0 fully saturated rings. The van der Waals surface area contributed by atoms with Crippen LogP contribution in [0.4, 0.5) is 8.78 Å². The quantitative estimate of drug-likeness (QED) is 0.187. The van der Waals surface area contributed by atoms with E-state index in [0.717, 1.165) is 30.9 Å². The monoisotopic (exact) mass is 561 g/mol. The van der Waals surface area contributed by atoms with E-state index in [4.69, 9.17) is 28.9 Å². The second-order valence-electron chi connectivity index (χ2n) is 11.1. The fraction of sp³-hybridized carbons (Fsp3) is 0.750. The van der Waals surface area contributed by atoms with Gasteiger partial charge in [0.15, 0.2) is 0 Å². The Morgan fingerprint density at radius 2 is 1.89 bits per heavy atom. The first-order valence-corrected chi connectivity index (χ1v) is 14.6. The number of alkyl halides is 3. The lowest BCUT2D eigenvalue weighted by Crippen LogP contribution is -2.54. The van der Waals surface area contributed by atoms with Gasteiger partial charge in [0.2, 0.25) is 5.91 Å². The molecule has 37 heavy (non-hydrogen) atoms. The Morgan fingerprint density at radius 3 is 2.46 bits per heavy atom. The predicted octanol–water partition coefficient (Wildman–Crippen LogP) is 5.50. The van der Waals surface area contributed by atoms with E-state index in [1.54, 1.807) is 0 Å². The maximum Gasteiger partial charge on any atom is 0.240 e. The summed E-state index contributed by atoms with van der Waals surface area (Å²) in [5.74, 6) is -0.339. The summed E-state index contributed by atoms with van der Waals surface area (Å²) < 4.78 is 28.3. The van der Waals surface area contributed by atoms with Gasteiger partial charge in [0.05, 0.1) is 28.7 Å². The Morgan fingerprint density at radius 1 is 1.22 bits per heavy atom. The first-order valence-electron chi connectivity index (χ1n) is 13.7. The van der Waals surface area contributed by atoms with Crippen LogP contribution in [0.1, 0.15) is 72.1 Å². The minimum absolute atomic E-state index is 0.000262. The van der Waals surface area contributed by atoms with Crippen molar-refractivity contribution >= 4 is 29.1 Å². The van der Waals surface area contributed by atoms with Crippen LogP contribution in [0.5, 0.6) is 0 Å². The molecule has 0 radical (unpaired) electrons. The summed E-state index contributed by atoms with van der Waals surface area (Å²) in [6, 6.07) is -0.980. The van der Waals surface area contributed by atoms with Crippen LogP contribution in [0.2, 0.25) is 0 Å². The molecule has 0 saturated carbocycles. The lowest BCUT2D eigenvalue weighted by Gasteiger charge is -2.38. The van der Waals surface area contributed by atoms with Crippen LogP contribution < -0.4 is 11.1 Å². The lowest BCUT2D eigenvalue weighted by molar-refractivity contribution is -0.136. The topological polar surface area (TPSA) is 78.6 Å². The molecule has 3 rings (SSSR count). The van der Waals surface area contributed by atoms with Crippen molar-refractivity contribution in [3.8, 4) is 0 Å². The highest BCUT2D eigenvalue weighted by Gasteiger charge is 2.36. The maximum atomic E-state index is 14.2. The van der Waals surface area contributed by atoms with E-state index < -0.39 is 24.3 Å². The number of nitrogens with zero attached hydrogens (tertiary/aromatic N) is 1. The van der Waals surface area contributed by atoms with Gasteiger partial charge in [-0.1, -0.05) is 26.0 Å². The van der Waals surface area contributed by atoms with Gasteiger partial charge < -0.3 is 15.7 Å². The molecule has 4 N–H and O–H groups in total. The Labute approximate surface area is 230 Å². The van der Waals surface area contributed by atoms with Gasteiger partial charge >= 0.3 is 0 Å². The highest BCUT2D eigenvalue weighted by atomic mass is 35.5. The third-order valence-electron chi connectivity index (χ3n) is 7.96. The zero-order valence-corrected chi connectivity index (χ0v) is 23.7. The number of allylic oxidation sites excluding steroid dienone is 3. The standard InChI is InChI=1S/C28H43Cl2F2N3O2/c1-4-9-35(21-7-5-16(2)6-8-21)28(37)26(12-18-10-19(31)13-20(32)11-18)34-17(3)22-14-24(29)25(30)15-23(22)27(33)36/h5,7,13,16-19,21,24-27,34,36H,4,6,8-12,14-15,33H2,1-3H3/t16-,17-,18+,19-,21+,24-,25+,26-,27?/m0/s1. The third kappa shape index (κ3) is 8.25. The van der Waals surface area contributed by atoms with Crippen molar-refractivity contribution in [3.05, 3.63) is 35.2 Å². The Hall–Kier alpha value is -0.990. The summed E-state index contributed by atoms with van der Waals surface area (Å²) in [7, 11) is 0. The first kappa shape index (κ1) is 30.6. The minimum atomic E-state index is -1.35. The summed E-state index contributed by atoms with van der Waals surface area (Å²) in [6.07, 6.45) is 6.92. The van der Waals surface area contributed by atoms with Crippen LogP contribution in [-0.2, 0) is 4.79 Å². The minimum Gasteiger partial charge on any atom is -0.375 e. The molecule has 3 aliphatic carbocycles. The second kappa shape index (κ2) is 13.9. The molecule has 5 nitrogen and oxygen atoms in total. The molecule has 9 heteroatoms. The van der Waals surface area contributed by atoms with Gasteiger partial charge in [0, 0.05) is 19.0 Å². The maximum absolute atomic E-state index is 14.2. The van der Waals surface area contributed by atoms with Crippen molar-refractivity contribution in [2.75, 3.05) is 6.54 Å². The molecule has 0 aliphatic heterocycles. The molecule has 210 valence electrons. The summed E-state index contributed by atoms with van der Waals surface area (Å²) >= 11 is 12.8. The number of aliphatic hydroxyl groups is 1. The molecule has 9 atom stereocenters. The second-order valence-corrected chi connectivity index (χ2v) is 12.2. The van der Waals surface area contributed by atoms with Gasteiger partial charge in [0.1, 0.15) is 12.4 Å². The number of nitrogens with one attached hydrogen (secondary N) is 1. The SMILES string of the molecule is CCCN(C(=O)[C@H](C[C@H]1CC(F)=C[C@@H](F)C1)N[C@@H](C)C1=C(C(N)O)C[C@@H](Cl)[C@@H](Cl)C1)[C@@H]1C=C[C@H](C)CC1. The summed E-state index contributed by atoms with van der Waals surface area (Å²) in [6.45, 7) is 6.73. The van der Waals surface area contributed by atoms with Crippen molar-refractivity contribution in [2.24, 2.45) is 17.6 Å². The van der Waals surface area contributed by atoms with Gasteiger partial charge in [-0.15, -0.1) is 23.2 Å². The Bertz CT molecular complexity index is 881. The van der Waals surface area contributed by atoms with E-state index in [2.05, 4.69) is 24.4 Å². The molecule has 3 aliphatic rings. The highest BCUT2D eigenvalue weighted by Crippen LogP contribution is 2.36. The fourth-order valence-corrected chi connectivity index (χ4v) is 6.46. The lowest BCUT2D eigenvalue weighted by atomic mass is 9.84. The van der Waals surface area contributed by atoms with Crippen molar-refractivity contribution in [3.63, 3.8) is 0 Å². The van der Waals surface area contributed by atoms with Crippen LogP contribution in [0.15, 0.2) is 35.2 Å². The number of rotatable bonds is 10. The predicted molar refractivity (Wildman–Crippen MR) is 147 cm³/mol. The number of aliphatic hydroxyl groups excluding tert-OH is 1.